The number of anilines is 2. The van der Waals surface area contributed by atoms with E-state index in [9.17, 15) is 9.59 Å². The van der Waals surface area contributed by atoms with Crippen LogP contribution >= 0.6 is 23.1 Å². The highest BCUT2D eigenvalue weighted by Gasteiger charge is 2.24. The lowest BCUT2D eigenvalue weighted by atomic mass is 10.1. The zero-order valence-corrected chi connectivity index (χ0v) is 16.4. The van der Waals surface area contributed by atoms with Gasteiger partial charge in [0.2, 0.25) is 5.91 Å². The van der Waals surface area contributed by atoms with Gasteiger partial charge in [-0.1, -0.05) is 29.8 Å². The van der Waals surface area contributed by atoms with Crippen molar-refractivity contribution in [3.8, 4) is 11.3 Å². The maximum atomic E-state index is 12.6. The third-order valence-corrected chi connectivity index (χ3v) is 6.18. The van der Waals surface area contributed by atoms with Crippen molar-refractivity contribution >= 4 is 45.7 Å². The van der Waals surface area contributed by atoms with Crippen LogP contribution < -0.4 is 10.6 Å². The fourth-order valence-corrected chi connectivity index (χ4v) is 4.35. The van der Waals surface area contributed by atoms with E-state index in [1.54, 1.807) is 12.1 Å². The van der Waals surface area contributed by atoms with Crippen molar-refractivity contribution in [1.82, 2.24) is 4.98 Å². The molecule has 0 radical (unpaired) electrons. The lowest BCUT2D eigenvalue weighted by Crippen LogP contribution is -2.26. The molecule has 7 heteroatoms. The summed E-state index contributed by atoms with van der Waals surface area (Å²) in [5.74, 6) is -0.298. The van der Waals surface area contributed by atoms with Crippen molar-refractivity contribution in [2.24, 2.45) is 0 Å². The summed E-state index contributed by atoms with van der Waals surface area (Å²) in [5, 5.41) is 8.01. The molecule has 1 unspecified atom stereocenters. The number of thiazole rings is 1. The standard InChI is InChI=1S/C20H17N3O2S2/c1-11-3-5-13(6-4-11)16-10-26-20(22-16)23-19(25)14-7-8-17-15(9-14)21-18(24)12(2)27-17/h3-10,12H,1-2H3,(H,21,24)(H,22,23,25). The first-order valence-electron chi connectivity index (χ1n) is 8.45. The first-order chi connectivity index (χ1) is 13.0. The molecule has 0 saturated heterocycles. The Morgan fingerprint density at radius 2 is 1.96 bits per heavy atom. The van der Waals surface area contributed by atoms with E-state index in [0.717, 1.165) is 16.2 Å². The Labute approximate surface area is 165 Å². The molecule has 2 aromatic carbocycles. The van der Waals surface area contributed by atoms with Crippen LogP contribution in [0.5, 0.6) is 0 Å². The van der Waals surface area contributed by atoms with Crippen LogP contribution in [0.3, 0.4) is 0 Å². The number of thioether (sulfide) groups is 1. The Morgan fingerprint density at radius 3 is 2.74 bits per heavy atom. The number of nitrogens with zero attached hydrogens (tertiary/aromatic N) is 1. The van der Waals surface area contributed by atoms with E-state index in [2.05, 4.69) is 15.6 Å². The minimum atomic E-state index is -0.250. The van der Waals surface area contributed by atoms with Gasteiger partial charge in [-0.05, 0) is 32.0 Å². The van der Waals surface area contributed by atoms with Gasteiger partial charge in [0.25, 0.3) is 5.91 Å². The molecule has 27 heavy (non-hydrogen) atoms. The number of rotatable bonds is 3. The summed E-state index contributed by atoms with van der Waals surface area (Å²) in [7, 11) is 0. The third-order valence-electron chi connectivity index (χ3n) is 4.24. The summed E-state index contributed by atoms with van der Waals surface area (Å²) < 4.78 is 0. The average Bonchev–Trinajstić information content (AvgIpc) is 3.11. The van der Waals surface area contributed by atoms with Gasteiger partial charge in [0, 0.05) is 21.4 Å². The molecule has 0 bridgehead atoms. The van der Waals surface area contributed by atoms with Crippen molar-refractivity contribution < 1.29 is 9.59 Å². The largest absolute Gasteiger partial charge is 0.324 e. The van der Waals surface area contributed by atoms with Crippen LogP contribution in [0.4, 0.5) is 10.8 Å². The van der Waals surface area contributed by atoms with E-state index in [4.69, 9.17) is 0 Å². The van der Waals surface area contributed by atoms with E-state index in [1.807, 2.05) is 49.6 Å². The molecule has 2 amide bonds. The lowest BCUT2D eigenvalue weighted by molar-refractivity contribution is -0.115. The van der Waals surface area contributed by atoms with Gasteiger partial charge in [0.05, 0.1) is 16.6 Å². The first kappa shape index (κ1) is 17.8. The van der Waals surface area contributed by atoms with E-state index >= 15 is 0 Å². The Morgan fingerprint density at radius 1 is 1.19 bits per heavy atom. The van der Waals surface area contributed by atoms with Crippen molar-refractivity contribution in [2.45, 2.75) is 24.0 Å². The molecular formula is C20H17N3O2S2. The number of hydrogen-bond donors (Lipinski definition) is 2. The maximum absolute atomic E-state index is 12.6. The number of amides is 2. The number of benzene rings is 2. The molecule has 136 valence electrons. The van der Waals surface area contributed by atoms with Crippen molar-refractivity contribution in [3.63, 3.8) is 0 Å². The van der Waals surface area contributed by atoms with Gasteiger partial charge in [0.15, 0.2) is 5.13 Å². The van der Waals surface area contributed by atoms with Gasteiger partial charge in [-0.25, -0.2) is 4.98 Å². The molecule has 0 aliphatic carbocycles. The summed E-state index contributed by atoms with van der Waals surface area (Å²) in [4.78, 5) is 29.9. The Hall–Kier alpha value is -2.64. The van der Waals surface area contributed by atoms with Crippen LogP contribution in [0, 0.1) is 6.92 Å². The highest BCUT2D eigenvalue weighted by atomic mass is 32.2. The van der Waals surface area contributed by atoms with E-state index in [1.165, 1.54) is 28.7 Å². The second-order valence-corrected chi connectivity index (χ2v) is 8.56. The Balaban J connectivity index is 1.51. The number of aryl methyl sites for hydroxylation is 1. The van der Waals surface area contributed by atoms with E-state index in [-0.39, 0.29) is 17.1 Å². The van der Waals surface area contributed by atoms with Gasteiger partial charge in [-0.15, -0.1) is 23.1 Å². The molecule has 1 aliphatic rings. The topological polar surface area (TPSA) is 71.1 Å². The summed E-state index contributed by atoms with van der Waals surface area (Å²) in [6.45, 7) is 3.90. The quantitative estimate of drug-likeness (QED) is 0.668. The smallest absolute Gasteiger partial charge is 0.257 e. The second-order valence-electron chi connectivity index (χ2n) is 6.32. The van der Waals surface area contributed by atoms with E-state index < -0.39 is 0 Å². The third kappa shape index (κ3) is 3.74. The first-order valence-corrected chi connectivity index (χ1v) is 10.2. The van der Waals surface area contributed by atoms with Crippen LogP contribution in [0.25, 0.3) is 11.3 Å². The molecule has 0 fully saturated rings. The summed E-state index contributed by atoms with van der Waals surface area (Å²) in [6, 6.07) is 13.4. The van der Waals surface area contributed by atoms with Crippen molar-refractivity contribution in [3.05, 3.63) is 59.0 Å². The molecule has 1 aromatic heterocycles. The molecule has 4 rings (SSSR count). The molecule has 2 heterocycles. The molecule has 2 N–H and O–H groups in total. The van der Waals surface area contributed by atoms with Crippen LogP contribution in [0.15, 0.2) is 52.7 Å². The molecule has 3 aromatic rings. The predicted molar refractivity (Wildman–Crippen MR) is 111 cm³/mol. The fourth-order valence-electron chi connectivity index (χ4n) is 2.71. The summed E-state index contributed by atoms with van der Waals surface area (Å²) in [5.41, 5.74) is 4.19. The molecule has 0 saturated carbocycles. The van der Waals surface area contributed by atoms with Gasteiger partial charge < -0.3 is 5.32 Å². The van der Waals surface area contributed by atoms with Crippen LogP contribution in [0.2, 0.25) is 0 Å². The zero-order valence-electron chi connectivity index (χ0n) is 14.8. The number of hydrogen-bond acceptors (Lipinski definition) is 5. The number of carbonyl (C=O) groups is 2. The molecule has 5 nitrogen and oxygen atoms in total. The lowest BCUT2D eigenvalue weighted by Gasteiger charge is -2.21. The molecule has 1 aliphatic heterocycles. The molecular weight excluding hydrogens is 378 g/mol. The monoisotopic (exact) mass is 395 g/mol. The van der Waals surface area contributed by atoms with Gasteiger partial charge in [-0.2, -0.15) is 0 Å². The zero-order chi connectivity index (χ0) is 19.0. The highest BCUT2D eigenvalue weighted by Crippen LogP contribution is 2.36. The van der Waals surface area contributed by atoms with Gasteiger partial charge in [-0.3, -0.25) is 14.9 Å². The predicted octanol–water partition coefficient (Wildman–Crippen LogP) is 4.80. The van der Waals surface area contributed by atoms with Crippen LogP contribution in [-0.4, -0.2) is 22.0 Å². The summed E-state index contributed by atoms with van der Waals surface area (Å²) >= 11 is 2.88. The van der Waals surface area contributed by atoms with Crippen LogP contribution in [-0.2, 0) is 4.79 Å². The number of aromatic nitrogens is 1. The Kier molecular flexibility index (Phi) is 4.72. The summed E-state index contributed by atoms with van der Waals surface area (Å²) in [6.07, 6.45) is 0. The van der Waals surface area contributed by atoms with E-state index in [0.29, 0.717) is 16.4 Å². The van der Waals surface area contributed by atoms with Crippen molar-refractivity contribution in [2.75, 3.05) is 10.6 Å². The van der Waals surface area contributed by atoms with Gasteiger partial charge >= 0.3 is 0 Å². The highest BCUT2D eigenvalue weighted by molar-refractivity contribution is 8.00. The average molecular weight is 396 g/mol. The number of nitrogens with one attached hydrogen (secondary N) is 2. The second kappa shape index (κ2) is 7.17. The minimum absolute atomic E-state index is 0.0484. The van der Waals surface area contributed by atoms with Crippen LogP contribution in [0.1, 0.15) is 22.8 Å². The molecule has 0 spiro atoms. The Bertz CT molecular complexity index is 1030. The minimum Gasteiger partial charge on any atom is -0.324 e. The number of carbonyl (C=O) groups excluding carboxylic acids is 2. The molecule has 1 atom stereocenters. The normalized spacial score (nSPS) is 15.8. The van der Waals surface area contributed by atoms with Crippen molar-refractivity contribution in [1.29, 1.82) is 0 Å². The fraction of sp³-hybridized carbons (Fsp3) is 0.150. The number of fused-ring (bicyclic) bond motifs is 1. The van der Waals surface area contributed by atoms with Gasteiger partial charge in [0.1, 0.15) is 0 Å². The maximum Gasteiger partial charge on any atom is 0.257 e. The SMILES string of the molecule is Cc1ccc(-c2csc(NC(=O)c3ccc4c(c3)NC(=O)C(C)S4)n2)cc1.